The quantitative estimate of drug-likeness (QED) is 0.198. The minimum Gasteiger partial charge on any atom is -0.399 e. The van der Waals surface area contributed by atoms with Crippen LogP contribution in [0.15, 0.2) is 66.7 Å². The number of aryl methyl sites for hydroxylation is 1. The van der Waals surface area contributed by atoms with Crippen LogP contribution in [0.25, 0.3) is 21.9 Å². The van der Waals surface area contributed by atoms with Gasteiger partial charge in [-0.3, -0.25) is 0 Å². The topological polar surface area (TPSA) is 9.23 Å². The fourth-order valence-corrected chi connectivity index (χ4v) is 3.80. The number of fused-ring (bicyclic) bond motifs is 1. The van der Waals surface area contributed by atoms with E-state index < -0.39 is 29.6 Å². The second-order valence-electron chi connectivity index (χ2n) is 8.23. The predicted molar refractivity (Wildman–Crippen MR) is 127 cm³/mol. The van der Waals surface area contributed by atoms with E-state index in [1.165, 1.54) is 17.7 Å². The fraction of sp³-hybridized carbons (Fsp3) is 0.172. The lowest BCUT2D eigenvalue weighted by Gasteiger charge is -2.13. The van der Waals surface area contributed by atoms with Crippen molar-refractivity contribution in [2.24, 2.45) is 0 Å². The Balaban J connectivity index is 1.61. The van der Waals surface area contributed by atoms with E-state index in [4.69, 9.17) is 0 Å². The summed E-state index contributed by atoms with van der Waals surface area (Å²) >= 11 is 0. The van der Waals surface area contributed by atoms with Gasteiger partial charge < -0.3 is 4.74 Å². The molecule has 7 heteroatoms. The second kappa shape index (κ2) is 10.4. The van der Waals surface area contributed by atoms with Crippen molar-refractivity contribution in [2.75, 3.05) is 0 Å². The van der Waals surface area contributed by atoms with E-state index in [0.29, 0.717) is 23.1 Å². The van der Waals surface area contributed by atoms with E-state index in [1.54, 1.807) is 18.2 Å². The third-order valence-corrected chi connectivity index (χ3v) is 5.61. The number of hydrogen-bond acceptors (Lipinski definition) is 1. The summed E-state index contributed by atoms with van der Waals surface area (Å²) in [6, 6.07) is 16.9. The van der Waals surface area contributed by atoms with Gasteiger partial charge in [-0.05, 0) is 65.8 Å². The molecule has 0 aliphatic rings. The Labute approximate surface area is 204 Å². The summed E-state index contributed by atoms with van der Waals surface area (Å²) < 4.78 is 84.0. The number of benzene rings is 4. The molecule has 0 saturated carbocycles. The third-order valence-electron chi connectivity index (χ3n) is 5.61. The van der Waals surface area contributed by atoms with Gasteiger partial charge in [0.25, 0.3) is 0 Å². The standard InChI is InChI=1S/C29H20F6O/c1-2-3-4-18-5-7-19(8-6-18)9-10-20-11-13-23-21(15-20)12-14-24(27(23)32)22-16-25(30)28(26(31)17-22)36-29(33,34)35/h5-8,11-17H,2-4H2,1H3. The van der Waals surface area contributed by atoms with Crippen LogP contribution in [-0.2, 0) is 6.42 Å². The van der Waals surface area contributed by atoms with Gasteiger partial charge >= 0.3 is 6.36 Å². The summed E-state index contributed by atoms with van der Waals surface area (Å²) in [7, 11) is 0. The molecule has 0 saturated heterocycles. The highest BCUT2D eigenvalue weighted by Crippen LogP contribution is 2.35. The molecule has 4 aromatic rings. The normalized spacial score (nSPS) is 11.3. The highest BCUT2D eigenvalue weighted by atomic mass is 19.4. The molecule has 4 aromatic carbocycles. The molecule has 0 atom stereocenters. The number of alkyl halides is 3. The first-order valence-corrected chi connectivity index (χ1v) is 11.2. The number of ether oxygens (including phenoxy) is 1. The van der Waals surface area contributed by atoms with Crippen molar-refractivity contribution in [1.29, 1.82) is 0 Å². The minimum atomic E-state index is -5.27. The van der Waals surface area contributed by atoms with E-state index in [2.05, 4.69) is 23.5 Å². The number of rotatable bonds is 5. The lowest BCUT2D eigenvalue weighted by Crippen LogP contribution is -2.19. The van der Waals surface area contributed by atoms with E-state index in [0.717, 1.165) is 24.8 Å². The van der Waals surface area contributed by atoms with Crippen molar-refractivity contribution in [3.63, 3.8) is 0 Å². The minimum absolute atomic E-state index is 0.166. The highest BCUT2D eigenvalue weighted by molar-refractivity contribution is 5.89. The number of halogens is 6. The predicted octanol–water partition coefficient (Wildman–Crippen LogP) is 8.57. The summed E-state index contributed by atoms with van der Waals surface area (Å²) in [5, 5.41) is 0.686. The Bertz CT molecular complexity index is 1440. The van der Waals surface area contributed by atoms with E-state index in [-0.39, 0.29) is 16.5 Å². The fourth-order valence-electron chi connectivity index (χ4n) is 3.80. The van der Waals surface area contributed by atoms with Crippen LogP contribution in [0.4, 0.5) is 26.3 Å². The monoisotopic (exact) mass is 498 g/mol. The van der Waals surface area contributed by atoms with Crippen LogP contribution in [0.3, 0.4) is 0 Å². The molecule has 0 aromatic heterocycles. The molecule has 0 N–H and O–H groups in total. The van der Waals surface area contributed by atoms with Crippen LogP contribution in [0.2, 0.25) is 0 Å². The molecule has 0 unspecified atom stereocenters. The molecule has 184 valence electrons. The molecule has 1 nitrogen and oxygen atoms in total. The van der Waals surface area contributed by atoms with Crippen LogP contribution in [0.1, 0.15) is 36.5 Å². The second-order valence-corrected chi connectivity index (χ2v) is 8.23. The average molecular weight is 498 g/mol. The van der Waals surface area contributed by atoms with Crippen LogP contribution in [0, 0.1) is 29.3 Å². The van der Waals surface area contributed by atoms with Crippen molar-refractivity contribution in [1.82, 2.24) is 0 Å². The molecule has 0 amide bonds. The van der Waals surface area contributed by atoms with E-state index >= 15 is 4.39 Å². The van der Waals surface area contributed by atoms with Crippen molar-refractivity contribution in [3.05, 3.63) is 101 Å². The zero-order valence-electron chi connectivity index (χ0n) is 19.1. The molecular formula is C29H20F6O. The lowest BCUT2D eigenvalue weighted by atomic mass is 9.98. The van der Waals surface area contributed by atoms with Gasteiger partial charge in [0.1, 0.15) is 5.82 Å². The summed E-state index contributed by atoms with van der Waals surface area (Å²) in [5.74, 6) is 0.579. The Hall–Kier alpha value is -3.92. The SMILES string of the molecule is CCCCc1ccc(C#Cc2ccc3c(F)c(-c4cc(F)c(OC(F)(F)F)c(F)c4)ccc3c2)cc1. The Morgan fingerprint density at radius 2 is 1.42 bits per heavy atom. The molecule has 36 heavy (non-hydrogen) atoms. The van der Waals surface area contributed by atoms with E-state index in [1.807, 2.05) is 24.3 Å². The Morgan fingerprint density at radius 1 is 0.778 bits per heavy atom. The van der Waals surface area contributed by atoms with Crippen LogP contribution < -0.4 is 4.74 Å². The number of hydrogen-bond donors (Lipinski definition) is 0. The summed E-state index contributed by atoms with van der Waals surface area (Å²) in [6.07, 6.45) is -1.99. The molecular weight excluding hydrogens is 478 g/mol. The maximum Gasteiger partial charge on any atom is 0.573 e. The van der Waals surface area contributed by atoms with Gasteiger partial charge in [0, 0.05) is 22.1 Å². The molecule has 0 aliphatic heterocycles. The number of unbranched alkanes of at least 4 members (excludes halogenated alkanes) is 1. The van der Waals surface area contributed by atoms with Crippen LogP contribution in [0.5, 0.6) is 5.75 Å². The van der Waals surface area contributed by atoms with Crippen molar-refractivity contribution in [2.45, 2.75) is 32.5 Å². The zero-order chi connectivity index (χ0) is 25.9. The molecule has 0 fully saturated rings. The largest absolute Gasteiger partial charge is 0.573 e. The average Bonchev–Trinajstić information content (AvgIpc) is 2.84. The first-order chi connectivity index (χ1) is 17.1. The van der Waals surface area contributed by atoms with Gasteiger partial charge in [0.2, 0.25) is 5.75 Å². The van der Waals surface area contributed by atoms with E-state index in [9.17, 15) is 22.0 Å². The maximum absolute atomic E-state index is 15.2. The van der Waals surface area contributed by atoms with Gasteiger partial charge in [0.05, 0.1) is 0 Å². The first kappa shape index (κ1) is 25.2. The van der Waals surface area contributed by atoms with Crippen molar-refractivity contribution < 1.29 is 31.1 Å². The first-order valence-electron chi connectivity index (χ1n) is 11.2. The summed E-state index contributed by atoms with van der Waals surface area (Å²) in [4.78, 5) is 0. The maximum atomic E-state index is 15.2. The zero-order valence-corrected chi connectivity index (χ0v) is 19.1. The molecule has 0 heterocycles. The Morgan fingerprint density at radius 3 is 2.06 bits per heavy atom. The molecule has 0 bridgehead atoms. The van der Waals surface area contributed by atoms with Crippen molar-refractivity contribution in [3.8, 4) is 28.7 Å². The third kappa shape index (κ3) is 5.83. The molecule has 4 rings (SSSR count). The lowest BCUT2D eigenvalue weighted by molar-refractivity contribution is -0.276. The van der Waals surface area contributed by atoms with Gasteiger partial charge in [-0.25, -0.2) is 13.2 Å². The molecule has 0 aliphatic carbocycles. The summed E-state index contributed by atoms with van der Waals surface area (Å²) in [5.41, 5.74) is 2.32. The van der Waals surface area contributed by atoms with Gasteiger partial charge in [0.15, 0.2) is 11.6 Å². The molecule has 0 radical (unpaired) electrons. The van der Waals surface area contributed by atoms with Gasteiger partial charge in [-0.1, -0.05) is 55.5 Å². The van der Waals surface area contributed by atoms with Gasteiger partial charge in [-0.15, -0.1) is 13.2 Å². The van der Waals surface area contributed by atoms with Crippen molar-refractivity contribution >= 4 is 10.8 Å². The molecule has 0 spiro atoms. The van der Waals surface area contributed by atoms with Crippen LogP contribution >= 0.6 is 0 Å². The highest BCUT2D eigenvalue weighted by Gasteiger charge is 2.34. The van der Waals surface area contributed by atoms with Gasteiger partial charge in [-0.2, -0.15) is 0 Å². The Kier molecular flexibility index (Phi) is 7.25. The van der Waals surface area contributed by atoms with Crippen LogP contribution in [-0.4, -0.2) is 6.36 Å². The smallest absolute Gasteiger partial charge is 0.399 e. The summed E-state index contributed by atoms with van der Waals surface area (Å²) in [6.45, 7) is 2.14.